The van der Waals surface area contributed by atoms with Crippen molar-refractivity contribution in [3.63, 3.8) is 0 Å². The summed E-state index contributed by atoms with van der Waals surface area (Å²) in [6, 6.07) is 18.7. The Balaban J connectivity index is 1.76. The lowest BCUT2D eigenvalue weighted by Gasteiger charge is -2.12. The molecule has 2 rings (SSSR count). The van der Waals surface area contributed by atoms with Gasteiger partial charge in [0.05, 0.1) is 5.25 Å². The van der Waals surface area contributed by atoms with Crippen molar-refractivity contribution in [1.29, 1.82) is 0 Å². The molecule has 0 aliphatic rings. The fourth-order valence-corrected chi connectivity index (χ4v) is 2.60. The second kappa shape index (κ2) is 8.24. The van der Waals surface area contributed by atoms with Gasteiger partial charge in [0.1, 0.15) is 0 Å². The minimum atomic E-state index is -0.325. The molecule has 0 fully saturated rings. The van der Waals surface area contributed by atoms with Gasteiger partial charge >= 0.3 is 0 Å². The molecule has 5 heteroatoms. The SMILES string of the molecule is C[C@@H](SCc1ccccc1)C(=O)NNC(=O)c1ccccc1. The number of hydrogen-bond donors (Lipinski definition) is 2. The maximum Gasteiger partial charge on any atom is 0.269 e. The van der Waals surface area contributed by atoms with E-state index in [2.05, 4.69) is 10.9 Å². The third-order valence-electron chi connectivity index (χ3n) is 3.05. The molecule has 0 unspecified atom stereocenters. The summed E-state index contributed by atoms with van der Waals surface area (Å²) in [7, 11) is 0. The summed E-state index contributed by atoms with van der Waals surface area (Å²) in [5, 5.41) is -0.253. The van der Waals surface area contributed by atoms with Crippen molar-refractivity contribution in [2.75, 3.05) is 0 Å². The Hall–Kier alpha value is -2.27. The molecule has 2 aromatic carbocycles. The smallest absolute Gasteiger partial charge is 0.269 e. The first kappa shape index (κ1) is 16.1. The maximum absolute atomic E-state index is 12.0. The molecule has 1 atom stereocenters. The highest BCUT2D eigenvalue weighted by atomic mass is 32.2. The molecule has 0 bridgehead atoms. The van der Waals surface area contributed by atoms with E-state index in [0.29, 0.717) is 5.56 Å². The summed E-state index contributed by atoms with van der Waals surface area (Å²) in [5.41, 5.74) is 6.56. The van der Waals surface area contributed by atoms with Crippen LogP contribution in [0, 0.1) is 0 Å². The van der Waals surface area contributed by atoms with E-state index in [1.165, 1.54) is 17.3 Å². The minimum Gasteiger partial charge on any atom is -0.272 e. The third kappa shape index (κ3) is 4.93. The molecule has 0 aliphatic heterocycles. The highest BCUT2D eigenvalue weighted by Gasteiger charge is 2.14. The van der Waals surface area contributed by atoms with Crippen LogP contribution in [0.1, 0.15) is 22.8 Å². The average Bonchev–Trinajstić information content (AvgIpc) is 2.58. The van der Waals surface area contributed by atoms with Crippen molar-refractivity contribution in [3.8, 4) is 0 Å². The molecule has 0 spiro atoms. The Morgan fingerprint density at radius 2 is 1.55 bits per heavy atom. The molecule has 0 saturated carbocycles. The maximum atomic E-state index is 12.0. The zero-order valence-electron chi connectivity index (χ0n) is 12.3. The second-order valence-electron chi connectivity index (χ2n) is 4.75. The third-order valence-corrected chi connectivity index (χ3v) is 4.26. The largest absolute Gasteiger partial charge is 0.272 e. The number of amides is 2. The predicted octanol–water partition coefficient (Wildman–Crippen LogP) is 2.77. The summed E-state index contributed by atoms with van der Waals surface area (Å²) in [6.45, 7) is 1.82. The number of hydrazine groups is 1. The van der Waals surface area contributed by atoms with Gasteiger partial charge in [-0.2, -0.15) is 0 Å². The summed E-state index contributed by atoms with van der Waals surface area (Å²) in [5.74, 6) is 0.210. The molecular formula is C17H18N2O2S. The number of thioether (sulfide) groups is 1. The van der Waals surface area contributed by atoms with Crippen molar-refractivity contribution in [2.45, 2.75) is 17.9 Å². The predicted molar refractivity (Wildman–Crippen MR) is 89.2 cm³/mol. The van der Waals surface area contributed by atoms with Gasteiger partial charge in [-0.15, -0.1) is 11.8 Å². The van der Waals surface area contributed by atoms with Crippen LogP contribution in [0.2, 0.25) is 0 Å². The topological polar surface area (TPSA) is 58.2 Å². The van der Waals surface area contributed by atoms with E-state index in [0.717, 1.165) is 5.75 Å². The Morgan fingerprint density at radius 1 is 0.955 bits per heavy atom. The first-order chi connectivity index (χ1) is 10.7. The first-order valence-electron chi connectivity index (χ1n) is 6.97. The van der Waals surface area contributed by atoms with Crippen LogP contribution in [0.15, 0.2) is 60.7 Å². The lowest BCUT2D eigenvalue weighted by atomic mass is 10.2. The molecular weight excluding hydrogens is 296 g/mol. The van der Waals surface area contributed by atoms with Gasteiger partial charge in [-0.1, -0.05) is 48.5 Å². The van der Waals surface area contributed by atoms with Crippen LogP contribution >= 0.6 is 11.8 Å². The molecule has 0 aromatic heterocycles. The second-order valence-corrected chi connectivity index (χ2v) is 6.08. The lowest BCUT2D eigenvalue weighted by molar-refractivity contribution is -0.121. The number of benzene rings is 2. The standard InChI is InChI=1S/C17H18N2O2S/c1-13(22-12-14-8-4-2-5-9-14)16(20)18-19-17(21)15-10-6-3-7-11-15/h2-11,13H,12H2,1H3,(H,18,20)(H,19,21)/t13-/m1/s1. The van der Waals surface area contributed by atoms with Crippen LogP contribution < -0.4 is 10.9 Å². The Bertz CT molecular complexity index is 617. The number of rotatable bonds is 5. The summed E-state index contributed by atoms with van der Waals surface area (Å²) in [4.78, 5) is 23.8. The summed E-state index contributed by atoms with van der Waals surface area (Å²) >= 11 is 1.52. The molecule has 2 amide bonds. The zero-order valence-corrected chi connectivity index (χ0v) is 13.1. The normalized spacial score (nSPS) is 11.5. The van der Waals surface area contributed by atoms with E-state index in [1.807, 2.05) is 43.3 Å². The van der Waals surface area contributed by atoms with Crippen molar-refractivity contribution >= 4 is 23.6 Å². The monoisotopic (exact) mass is 314 g/mol. The first-order valence-corrected chi connectivity index (χ1v) is 8.02. The van der Waals surface area contributed by atoms with Crippen molar-refractivity contribution in [3.05, 3.63) is 71.8 Å². The molecule has 2 N–H and O–H groups in total. The average molecular weight is 314 g/mol. The molecule has 2 aromatic rings. The molecule has 0 radical (unpaired) electrons. The van der Waals surface area contributed by atoms with Gasteiger partial charge in [0.2, 0.25) is 0 Å². The number of hydrogen-bond acceptors (Lipinski definition) is 3. The van der Waals surface area contributed by atoms with Gasteiger partial charge < -0.3 is 0 Å². The van der Waals surface area contributed by atoms with E-state index >= 15 is 0 Å². The van der Waals surface area contributed by atoms with Gasteiger partial charge in [0.25, 0.3) is 11.8 Å². The summed E-state index contributed by atoms with van der Waals surface area (Å²) < 4.78 is 0. The van der Waals surface area contributed by atoms with Crippen molar-refractivity contribution < 1.29 is 9.59 Å². The van der Waals surface area contributed by atoms with E-state index < -0.39 is 0 Å². The summed E-state index contributed by atoms with van der Waals surface area (Å²) in [6.07, 6.45) is 0. The van der Waals surface area contributed by atoms with Crippen molar-refractivity contribution in [1.82, 2.24) is 10.9 Å². The van der Waals surface area contributed by atoms with Crippen LogP contribution in [0.5, 0.6) is 0 Å². The molecule has 4 nitrogen and oxygen atoms in total. The highest BCUT2D eigenvalue weighted by molar-refractivity contribution is 7.99. The van der Waals surface area contributed by atoms with Crippen LogP contribution in [-0.2, 0) is 10.5 Å². The Kier molecular flexibility index (Phi) is 6.03. The number of carbonyl (C=O) groups is 2. The quantitative estimate of drug-likeness (QED) is 0.834. The van der Waals surface area contributed by atoms with Gasteiger partial charge in [-0.25, -0.2) is 0 Å². The van der Waals surface area contributed by atoms with E-state index in [4.69, 9.17) is 0 Å². The number of nitrogens with one attached hydrogen (secondary N) is 2. The fourth-order valence-electron chi connectivity index (χ4n) is 1.75. The van der Waals surface area contributed by atoms with Gasteiger partial charge in [0.15, 0.2) is 0 Å². The lowest BCUT2D eigenvalue weighted by Crippen LogP contribution is -2.44. The Labute approximate surface area is 134 Å². The molecule has 0 saturated heterocycles. The van der Waals surface area contributed by atoms with E-state index in [1.54, 1.807) is 24.3 Å². The van der Waals surface area contributed by atoms with Crippen molar-refractivity contribution in [2.24, 2.45) is 0 Å². The van der Waals surface area contributed by atoms with E-state index in [-0.39, 0.29) is 17.1 Å². The molecule has 114 valence electrons. The highest BCUT2D eigenvalue weighted by Crippen LogP contribution is 2.17. The van der Waals surface area contributed by atoms with Gasteiger partial charge in [-0.05, 0) is 24.6 Å². The van der Waals surface area contributed by atoms with Crippen LogP contribution in [0.4, 0.5) is 0 Å². The van der Waals surface area contributed by atoms with Crippen LogP contribution in [0.3, 0.4) is 0 Å². The number of carbonyl (C=O) groups excluding carboxylic acids is 2. The molecule has 0 aliphatic carbocycles. The molecule has 22 heavy (non-hydrogen) atoms. The van der Waals surface area contributed by atoms with E-state index in [9.17, 15) is 9.59 Å². The molecule has 0 heterocycles. The fraction of sp³-hybridized carbons (Fsp3) is 0.176. The van der Waals surface area contributed by atoms with Gasteiger partial charge in [0, 0.05) is 11.3 Å². The van der Waals surface area contributed by atoms with Crippen LogP contribution in [0.25, 0.3) is 0 Å². The van der Waals surface area contributed by atoms with Gasteiger partial charge in [-0.3, -0.25) is 20.4 Å². The zero-order chi connectivity index (χ0) is 15.8. The van der Waals surface area contributed by atoms with Crippen LogP contribution in [-0.4, -0.2) is 17.1 Å². The Morgan fingerprint density at radius 3 is 2.18 bits per heavy atom. The minimum absolute atomic E-state index is 0.217.